The first-order chi connectivity index (χ1) is 12.3. The Morgan fingerprint density at radius 2 is 1.80 bits per heavy atom. The van der Waals surface area contributed by atoms with Gasteiger partial charge in [0.25, 0.3) is 0 Å². The normalized spacial score (nSPS) is 18.7. The summed E-state index contributed by atoms with van der Waals surface area (Å²) in [6.07, 6.45) is 15.6. The molecule has 0 N–H and O–H groups in total. The topological polar surface area (TPSA) is 9.23 Å². The molecule has 1 heteroatoms. The van der Waals surface area contributed by atoms with Crippen LogP contribution in [0.1, 0.15) is 90.5 Å². The lowest BCUT2D eigenvalue weighted by molar-refractivity contribution is 0.233. The third-order valence-corrected chi connectivity index (χ3v) is 5.74. The monoisotopic (exact) mass is 342 g/mol. The van der Waals surface area contributed by atoms with Crippen molar-refractivity contribution < 1.29 is 4.74 Å². The Hall–Kier alpha value is -1.24. The van der Waals surface area contributed by atoms with Gasteiger partial charge in [-0.15, -0.1) is 0 Å². The second-order valence-electron chi connectivity index (χ2n) is 7.76. The van der Waals surface area contributed by atoms with Gasteiger partial charge in [0.1, 0.15) is 5.75 Å². The maximum absolute atomic E-state index is 6.04. The highest BCUT2D eigenvalue weighted by molar-refractivity contribution is 5.66. The first-order valence-corrected chi connectivity index (χ1v) is 10.7. The fourth-order valence-electron chi connectivity index (χ4n) is 3.78. The minimum Gasteiger partial charge on any atom is -0.493 e. The molecule has 0 aromatic heterocycles. The van der Waals surface area contributed by atoms with Crippen molar-refractivity contribution in [2.45, 2.75) is 85.0 Å². The predicted octanol–water partition coefficient (Wildman–Crippen LogP) is 7.66. The fourth-order valence-corrected chi connectivity index (χ4v) is 3.78. The van der Waals surface area contributed by atoms with Crippen LogP contribution in [-0.2, 0) is 0 Å². The van der Waals surface area contributed by atoms with Crippen molar-refractivity contribution in [1.29, 1.82) is 0 Å². The Morgan fingerprint density at radius 1 is 1.04 bits per heavy atom. The molecule has 1 aliphatic carbocycles. The molecule has 0 spiro atoms. The molecule has 1 nitrogen and oxygen atoms in total. The number of hydrogen-bond donors (Lipinski definition) is 0. The molecule has 140 valence electrons. The SMILES string of the molecule is CCCCC1CC=C(c2ccc(OCC(CC)CCCC)cc2)CC1. The first kappa shape index (κ1) is 20.1. The lowest BCUT2D eigenvalue weighted by atomic mass is 9.84. The molecule has 1 aromatic carbocycles. The zero-order valence-corrected chi connectivity index (χ0v) is 16.7. The van der Waals surface area contributed by atoms with Crippen LogP contribution in [0.15, 0.2) is 30.3 Å². The van der Waals surface area contributed by atoms with Crippen molar-refractivity contribution in [3.8, 4) is 5.75 Å². The molecule has 0 fully saturated rings. The van der Waals surface area contributed by atoms with Crippen molar-refractivity contribution >= 4 is 5.57 Å². The summed E-state index contributed by atoms with van der Waals surface area (Å²) in [5, 5.41) is 0. The summed E-state index contributed by atoms with van der Waals surface area (Å²) >= 11 is 0. The lowest BCUT2D eigenvalue weighted by Crippen LogP contribution is -2.11. The van der Waals surface area contributed by atoms with E-state index < -0.39 is 0 Å². The Labute approximate surface area is 155 Å². The number of hydrogen-bond acceptors (Lipinski definition) is 1. The lowest BCUT2D eigenvalue weighted by Gasteiger charge is -2.22. The number of rotatable bonds is 11. The van der Waals surface area contributed by atoms with Gasteiger partial charge in [0, 0.05) is 0 Å². The van der Waals surface area contributed by atoms with E-state index in [-0.39, 0.29) is 0 Å². The molecule has 0 amide bonds. The van der Waals surface area contributed by atoms with E-state index in [2.05, 4.69) is 51.1 Å². The van der Waals surface area contributed by atoms with Crippen LogP contribution in [0.2, 0.25) is 0 Å². The van der Waals surface area contributed by atoms with Crippen LogP contribution >= 0.6 is 0 Å². The average Bonchev–Trinajstić information content (AvgIpc) is 2.67. The van der Waals surface area contributed by atoms with E-state index in [0.717, 1.165) is 18.3 Å². The van der Waals surface area contributed by atoms with Crippen molar-refractivity contribution in [1.82, 2.24) is 0 Å². The molecule has 1 aliphatic rings. The van der Waals surface area contributed by atoms with Gasteiger partial charge in [-0.1, -0.05) is 77.5 Å². The number of benzene rings is 1. The van der Waals surface area contributed by atoms with Crippen LogP contribution in [0.5, 0.6) is 5.75 Å². The standard InChI is InChI=1S/C24H38O/c1-4-7-9-20(6-3)19-25-24-17-15-23(16-18-24)22-13-11-21(12-14-22)10-8-5-2/h13,15-18,20-21H,4-12,14,19H2,1-3H3. The highest BCUT2D eigenvalue weighted by Gasteiger charge is 2.15. The maximum Gasteiger partial charge on any atom is 0.119 e. The van der Waals surface area contributed by atoms with E-state index in [1.54, 1.807) is 0 Å². The van der Waals surface area contributed by atoms with Gasteiger partial charge in [0.2, 0.25) is 0 Å². The van der Waals surface area contributed by atoms with Crippen LogP contribution in [0.25, 0.3) is 5.57 Å². The quantitative estimate of drug-likeness (QED) is 0.401. The van der Waals surface area contributed by atoms with Crippen LogP contribution in [0.4, 0.5) is 0 Å². The van der Waals surface area contributed by atoms with Crippen LogP contribution in [0.3, 0.4) is 0 Å². The molecule has 2 rings (SSSR count). The zero-order valence-electron chi connectivity index (χ0n) is 16.7. The maximum atomic E-state index is 6.04. The molecule has 0 radical (unpaired) electrons. The van der Waals surface area contributed by atoms with Gasteiger partial charge in [0.05, 0.1) is 6.61 Å². The van der Waals surface area contributed by atoms with Gasteiger partial charge in [-0.3, -0.25) is 0 Å². The summed E-state index contributed by atoms with van der Waals surface area (Å²) in [5.41, 5.74) is 2.92. The Morgan fingerprint density at radius 3 is 2.40 bits per heavy atom. The minimum atomic E-state index is 0.695. The van der Waals surface area contributed by atoms with Gasteiger partial charge in [-0.05, 0) is 60.8 Å². The fraction of sp³-hybridized carbons (Fsp3) is 0.667. The molecule has 2 atom stereocenters. The van der Waals surface area contributed by atoms with Crippen molar-refractivity contribution in [3.05, 3.63) is 35.9 Å². The van der Waals surface area contributed by atoms with Gasteiger partial charge < -0.3 is 4.74 Å². The Bertz CT molecular complexity index is 499. The molecule has 0 bridgehead atoms. The first-order valence-electron chi connectivity index (χ1n) is 10.7. The zero-order chi connectivity index (χ0) is 17.9. The van der Waals surface area contributed by atoms with Gasteiger partial charge in [-0.25, -0.2) is 0 Å². The summed E-state index contributed by atoms with van der Waals surface area (Å²) in [6, 6.07) is 8.82. The predicted molar refractivity (Wildman–Crippen MR) is 110 cm³/mol. The number of allylic oxidation sites excluding steroid dienone is 2. The molecule has 2 unspecified atom stereocenters. The van der Waals surface area contributed by atoms with E-state index in [1.807, 2.05) is 0 Å². The molecular weight excluding hydrogens is 304 g/mol. The van der Waals surface area contributed by atoms with Crippen LogP contribution in [0, 0.1) is 11.8 Å². The smallest absolute Gasteiger partial charge is 0.119 e. The van der Waals surface area contributed by atoms with E-state index >= 15 is 0 Å². The van der Waals surface area contributed by atoms with Gasteiger partial charge in [-0.2, -0.15) is 0 Å². The van der Waals surface area contributed by atoms with Crippen molar-refractivity contribution in [3.63, 3.8) is 0 Å². The van der Waals surface area contributed by atoms with Crippen molar-refractivity contribution in [2.75, 3.05) is 6.61 Å². The molecule has 1 aromatic rings. The molecular formula is C24H38O. The number of unbranched alkanes of at least 4 members (excludes halogenated alkanes) is 2. The Kier molecular flexibility index (Phi) is 9.15. The van der Waals surface area contributed by atoms with E-state index in [0.29, 0.717) is 5.92 Å². The molecule has 0 heterocycles. The van der Waals surface area contributed by atoms with Crippen LogP contribution in [-0.4, -0.2) is 6.61 Å². The third-order valence-electron chi connectivity index (χ3n) is 5.74. The van der Waals surface area contributed by atoms with Crippen molar-refractivity contribution in [2.24, 2.45) is 11.8 Å². The minimum absolute atomic E-state index is 0.695. The number of ether oxygens (including phenoxy) is 1. The second kappa shape index (κ2) is 11.4. The highest BCUT2D eigenvalue weighted by atomic mass is 16.5. The van der Waals surface area contributed by atoms with Crippen LogP contribution < -0.4 is 4.74 Å². The molecule has 0 saturated carbocycles. The summed E-state index contributed by atoms with van der Waals surface area (Å²) in [4.78, 5) is 0. The largest absolute Gasteiger partial charge is 0.493 e. The van der Waals surface area contributed by atoms with E-state index in [1.165, 1.54) is 75.3 Å². The third kappa shape index (κ3) is 6.88. The molecule has 0 aliphatic heterocycles. The van der Waals surface area contributed by atoms with E-state index in [9.17, 15) is 0 Å². The summed E-state index contributed by atoms with van der Waals surface area (Å²) in [6.45, 7) is 7.69. The molecule has 25 heavy (non-hydrogen) atoms. The Balaban J connectivity index is 1.82. The second-order valence-corrected chi connectivity index (χ2v) is 7.76. The summed E-state index contributed by atoms with van der Waals surface area (Å²) in [7, 11) is 0. The average molecular weight is 343 g/mol. The highest BCUT2D eigenvalue weighted by Crippen LogP contribution is 2.33. The summed E-state index contributed by atoms with van der Waals surface area (Å²) in [5.74, 6) is 2.64. The van der Waals surface area contributed by atoms with Gasteiger partial charge in [0.15, 0.2) is 0 Å². The molecule has 0 saturated heterocycles. The van der Waals surface area contributed by atoms with E-state index in [4.69, 9.17) is 4.74 Å². The van der Waals surface area contributed by atoms with Gasteiger partial charge >= 0.3 is 0 Å². The summed E-state index contributed by atoms with van der Waals surface area (Å²) < 4.78 is 6.04.